The Morgan fingerprint density at radius 2 is 1.59 bits per heavy atom. The highest BCUT2D eigenvalue weighted by molar-refractivity contribution is 5.90. The first-order chi connectivity index (χ1) is 16.3. The molecule has 1 aliphatic rings. The third-order valence-electron chi connectivity index (χ3n) is 5.42. The van der Waals surface area contributed by atoms with Gasteiger partial charge in [0.15, 0.2) is 18.5 Å². The molecular formula is C24H21FN2O7. The normalized spacial score (nSPS) is 23.9. The molecule has 0 spiro atoms. The van der Waals surface area contributed by atoms with Gasteiger partial charge < -0.3 is 14.2 Å². The van der Waals surface area contributed by atoms with Crippen molar-refractivity contribution in [3.63, 3.8) is 0 Å². The van der Waals surface area contributed by atoms with Crippen molar-refractivity contribution in [3.05, 3.63) is 105 Å². The summed E-state index contributed by atoms with van der Waals surface area (Å²) in [5, 5.41) is 0. The first-order valence-electron chi connectivity index (χ1n) is 10.4. The van der Waals surface area contributed by atoms with E-state index in [2.05, 4.69) is 0 Å². The van der Waals surface area contributed by atoms with E-state index in [0.717, 1.165) is 16.8 Å². The number of aromatic nitrogens is 2. The second-order valence-corrected chi connectivity index (χ2v) is 7.92. The number of nitrogens with one attached hydrogen (secondary N) is 1. The fraction of sp³-hybridized carbons (Fsp3) is 0.250. The average Bonchev–Trinajstić information content (AvgIpc) is 3.09. The van der Waals surface area contributed by atoms with Gasteiger partial charge in [0.25, 0.3) is 5.56 Å². The first kappa shape index (κ1) is 23.1. The molecule has 10 heteroatoms. The fourth-order valence-electron chi connectivity index (χ4n) is 3.66. The number of ether oxygens (including phenoxy) is 3. The lowest BCUT2D eigenvalue weighted by molar-refractivity contribution is -0.122. The lowest BCUT2D eigenvalue weighted by Crippen LogP contribution is -2.46. The highest BCUT2D eigenvalue weighted by Crippen LogP contribution is 2.41. The van der Waals surface area contributed by atoms with Crippen LogP contribution in [0.15, 0.2) is 82.5 Å². The van der Waals surface area contributed by atoms with Crippen LogP contribution in [0, 0.1) is 0 Å². The quantitative estimate of drug-likeness (QED) is 0.552. The minimum Gasteiger partial charge on any atom is -0.459 e. The van der Waals surface area contributed by atoms with Gasteiger partial charge in [0.1, 0.15) is 12.2 Å². The Morgan fingerprint density at radius 3 is 2.18 bits per heavy atom. The van der Waals surface area contributed by atoms with Gasteiger partial charge in [0.05, 0.1) is 11.1 Å². The molecule has 4 atom stereocenters. The van der Waals surface area contributed by atoms with Crippen LogP contribution in [0.4, 0.5) is 4.39 Å². The number of rotatable bonds is 6. The monoisotopic (exact) mass is 468 g/mol. The van der Waals surface area contributed by atoms with Gasteiger partial charge in [-0.15, -0.1) is 0 Å². The van der Waals surface area contributed by atoms with Gasteiger partial charge in [-0.1, -0.05) is 36.4 Å². The number of esters is 2. The Bertz CT molecular complexity index is 1290. The van der Waals surface area contributed by atoms with Gasteiger partial charge in [-0.3, -0.25) is 14.3 Å². The molecule has 176 valence electrons. The summed E-state index contributed by atoms with van der Waals surface area (Å²) in [6.45, 7) is 0.944. The standard InChI is InChI=1S/C24H21FN2O7/c1-24(14-32-21(29)15-8-4-2-5-9-15)19(33-22(30)16-10-6-3-7-11-16)18(25)20(34-24)27-13-12-17(28)26-23(27)31/h2-13,18-20H,14H2,1H3,(H,26,28,31)/t18-,19-,20-,24+/m0/s1. The van der Waals surface area contributed by atoms with E-state index < -0.39 is 53.9 Å². The third-order valence-corrected chi connectivity index (χ3v) is 5.42. The molecule has 1 aliphatic heterocycles. The zero-order valence-corrected chi connectivity index (χ0v) is 18.1. The summed E-state index contributed by atoms with van der Waals surface area (Å²) in [5.41, 5.74) is -2.76. The largest absolute Gasteiger partial charge is 0.459 e. The molecule has 0 saturated carbocycles. The van der Waals surface area contributed by atoms with Crippen LogP contribution in [0.1, 0.15) is 33.9 Å². The molecule has 2 aromatic carbocycles. The first-order valence-corrected chi connectivity index (χ1v) is 10.4. The van der Waals surface area contributed by atoms with Gasteiger partial charge in [-0.2, -0.15) is 0 Å². The molecule has 2 heterocycles. The molecule has 0 bridgehead atoms. The SMILES string of the molecule is C[C@]1(COC(=O)c2ccccc2)O[C@H](n2ccc(=O)[nH]c2=O)[C@@H](F)[C@@H]1OC(=O)c1ccccc1. The van der Waals surface area contributed by atoms with Crippen molar-refractivity contribution >= 4 is 11.9 Å². The highest BCUT2D eigenvalue weighted by atomic mass is 19.1. The molecule has 1 saturated heterocycles. The van der Waals surface area contributed by atoms with Crippen LogP contribution >= 0.6 is 0 Å². The zero-order valence-electron chi connectivity index (χ0n) is 18.1. The maximum atomic E-state index is 15.6. The zero-order chi connectivity index (χ0) is 24.3. The summed E-state index contributed by atoms with van der Waals surface area (Å²) in [4.78, 5) is 50.8. The molecule has 1 aromatic heterocycles. The number of carbonyl (C=O) groups excluding carboxylic acids is 2. The number of H-pyrrole nitrogens is 1. The van der Waals surface area contributed by atoms with Crippen LogP contribution in [0.2, 0.25) is 0 Å². The number of benzene rings is 2. The summed E-state index contributed by atoms with van der Waals surface area (Å²) in [5.74, 6) is -1.49. The van der Waals surface area contributed by atoms with Crippen molar-refractivity contribution in [3.8, 4) is 0 Å². The maximum absolute atomic E-state index is 15.6. The van der Waals surface area contributed by atoms with E-state index in [1.54, 1.807) is 48.5 Å². The Hall–Kier alpha value is -4.05. The summed E-state index contributed by atoms with van der Waals surface area (Å²) >= 11 is 0. The minimum atomic E-state index is -2.02. The molecule has 1 fully saturated rings. The molecule has 0 unspecified atom stereocenters. The Morgan fingerprint density at radius 1 is 1.00 bits per heavy atom. The van der Waals surface area contributed by atoms with Gasteiger partial charge in [-0.25, -0.2) is 18.8 Å². The fourth-order valence-corrected chi connectivity index (χ4v) is 3.66. The van der Waals surface area contributed by atoms with E-state index in [9.17, 15) is 19.2 Å². The van der Waals surface area contributed by atoms with Crippen molar-refractivity contribution in [2.75, 3.05) is 6.61 Å². The topological polar surface area (TPSA) is 117 Å². The summed E-state index contributed by atoms with van der Waals surface area (Å²) in [7, 11) is 0. The van der Waals surface area contributed by atoms with Crippen molar-refractivity contribution in [2.45, 2.75) is 31.0 Å². The van der Waals surface area contributed by atoms with Crippen LogP contribution in [0.3, 0.4) is 0 Å². The predicted octanol–water partition coefficient (Wildman–Crippen LogP) is 2.24. The van der Waals surface area contributed by atoms with Crippen LogP contribution in [0.25, 0.3) is 0 Å². The number of aromatic amines is 1. The number of alkyl halides is 1. The number of nitrogens with zero attached hydrogens (tertiary/aromatic N) is 1. The summed E-state index contributed by atoms with van der Waals surface area (Å²) in [6, 6.07) is 17.1. The lowest BCUT2D eigenvalue weighted by atomic mass is 9.98. The molecule has 1 N–H and O–H groups in total. The second kappa shape index (κ2) is 9.44. The van der Waals surface area contributed by atoms with Gasteiger partial charge in [-0.05, 0) is 31.2 Å². The number of hydrogen-bond donors (Lipinski definition) is 1. The van der Waals surface area contributed by atoms with E-state index >= 15 is 4.39 Å². The van der Waals surface area contributed by atoms with Crippen LogP contribution < -0.4 is 11.2 Å². The molecule has 0 aliphatic carbocycles. The minimum absolute atomic E-state index is 0.183. The average molecular weight is 468 g/mol. The Kier molecular flexibility index (Phi) is 6.42. The van der Waals surface area contributed by atoms with Crippen LogP contribution in [-0.2, 0) is 14.2 Å². The smallest absolute Gasteiger partial charge is 0.338 e. The molecule has 34 heavy (non-hydrogen) atoms. The van der Waals surface area contributed by atoms with E-state index in [0.29, 0.717) is 0 Å². The second-order valence-electron chi connectivity index (χ2n) is 7.92. The van der Waals surface area contributed by atoms with Crippen LogP contribution in [-0.4, -0.2) is 46.0 Å². The van der Waals surface area contributed by atoms with E-state index in [-0.39, 0.29) is 11.1 Å². The van der Waals surface area contributed by atoms with Crippen molar-refractivity contribution in [1.82, 2.24) is 9.55 Å². The lowest BCUT2D eigenvalue weighted by Gasteiger charge is -2.29. The molecule has 0 radical (unpaired) electrons. The maximum Gasteiger partial charge on any atom is 0.338 e. The van der Waals surface area contributed by atoms with Gasteiger partial charge in [0.2, 0.25) is 0 Å². The van der Waals surface area contributed by atoms with Crippen LogP contribution in [0.5, 0.6) is 0 Å². The van der Waals surface area contributed by atoms with Crippen molar-refractivity contribution in [1.29, 1.82) is 0 Å². The van der Waals surface area contributed by atoms with E-state index in [1.807, 2.05) is 4.98 Å². The molecule has 3 aromatic rings. The summed E-state index contributed by atoms with van der Waals surface area (Å²) < 4.78 is 33.1. The van der Waals surface area contributed by atoms with E-state index in [1.165, 1.54) is 19.1 Å². The van der Waals surface area contributed by atoms with Crippen molar-refractivity contribution < 1.29 is 28.2 Å². The number of halogens is 1. The van der Waals surface area contributed by atoms with Gasteiger partial charge >= 0.3 is 17.6 Å². The van der Waals surface area contributed by atoms with Gasteiger partial charge in [0, 0.05) is 12.3 Å². The molecule has 9 nitrogen and oxygen atoms in total. The third kappa shape index (κ3) is 4.67. The molecule has 0 amide bonds. The summed E-state index contributed by atoms with van der Waals surface area (Å²) in [6.07, 6.45) is -4.02. The molecule has 4 rings (SSSR count). The highest BCUT2D eigenvalue weighted by Gasteiger charge is 2.57. The van der Waals surface area contributed by atoms with Crippen molar-refractivity contribution in [2.24, 2.45) is 0 Å². The number of carbonyl (C=O) groups is 2. The Balaban J connectivity index is 1.62. The number of hydrogen-bond acceptors (Lipinski definition) is 7. The Labute approximate surface area is 192 Å². The van der Waals surface area contributed by atoms with E-state index in [4.69, 9.17) is 14.2 Å². The molecular weight excluding hydrogens is 447 g/mol. The predicted molar refractivity (Wildman–Crippen MR) is 117 cm³/mol.